The number of aromatic nitrogens is 1. The molecule has 0 atom stereocenters. The van der Waals surface area contributed by atoms with Crippen LogP contribution in [0.4, 0.5) is 13.2 Å². The molecule has 2 aromatic heterocycles. The van der Waals surface area contributed by atoms with Gasteiger partial charge in [0.2, 0.25) is 5.91 Å². The number of likely N-dealkylation sites (tertiary alicyclic amines) is 1. The van der Waals surface area contributed by atoms with Gasteiger partial charge in [-0.25, -0.2) is 4.98 Å². The van der Waals surface area contributed by atoms with Gasteiger partial charge in [0.25, 0.3) is 5.91 Å². The first kappa shape index (κ1) is 22.0. The first-order valence-corrected chi connectivity index (χ1v) is 11.6. The van der Waals surface area contributed by atoms with E-state index in [0.29, 0.717) is 41.8 Å². The first-order valence-electron chi connectivity index (χ1n) is 10.8. The van der Waals surface area contributed by atoms with Crippen molar-refractivity contribution in [1.82, 2.24) is 15.2 Å². The molecule has 31 heavy (non-hydrogen) atoms. The van der Waals surface area contributed by atoms with Gasteiger partial charge in [0, 0.05) is 30.4 Å². The minimum Gasteiger partial charge on any atom is -0.353 e. The number of rotatable bonds is 3. The molecule has 2 amide bonds. The lowest BCUT2D eigenvalue weighted by atomic mass is 9.88. The number of pyridine rings is 1. The smallest absolute Gasteiger partial charge is 0.353 e. The lowest BCUT2D eigenvalue weighted by Crippen LogP contribution is -2.48. The number of carbonyl (C=O) groups is 2. The quantitative estimate of drug-likeness (QED) is 0.717. The molecule has 0 unspecified atom stereocenters. The molecule has 0 radical (unpaired) electrons. The Balaban J connectivity index is 1.39. The van der Waals surface area contributed by atoms with Gasteiger partial charge < -0.3 is 10.2 Å². The molecule has 4 rings (SSSR count). The van der Waals surface area contributed by atoms with Crippen LogP contribution in [0.3, 0.4) is 0 Å². The second-order valence-electron chi connectivity index (χ2n) is 8.51. The van der Waals surface area contributed by atoms with Gasteiger partial charge in [-0.3, -0.25) is 9.59 Å². The van der Waals surface area contributed by atoms with E-state index in [1.165, 1.54) is 12.5 Å². The summed E-state index contributed by atoms with van der Waals surface area (Å²) in [5.41, 5.74) is -0.284. The highest BCUT2D eigenvalue weighted by molar-refractivity contribution is 7.20. The van der Waals surface area contributed by atoms with Gasteiger partial charge in [-0.1, -0.05) is 19.3 Å². The number of alkyl halides is 3. The fourth-order valence-electron chi connectivity index (χ4n) is 4.52. The van der Waals surface area contributed by atoms with E-state index >= 15 is 0 Å². The maximum absolute atomic E-state index is 13.0. The van der Waals surface area contributed by atoms with E-state index in [4.69, 9.17) is 0 Å². The Morgan fingerprint density at radius 3 is 2.42 bits per heavy atom. The number of hydrogen-bond acceptors (Lipinski definition) is 4. The number of hydrogen-bond donors (Lipinski definition) is 1. The zero-order chi connectivity index (χ0) is 22.2. The Morgan fingerprint density at radius 1 is 1.10 bits per heavy atom. The molecular formula is C22H26F3N3O2S. The summed E-state index contributed by atoms with van der Waals surface area (Å²) in [7, 11) is 0. The van der Waals surface area contributed by atoms with Gasteiger partial charge in [0.05, 0.1) is 4.88 Å². The minimum absolute atomic E-state index is 0.0676. The Labute approximate surface area is 183 Å². The maximum atomic E-state index is 13.0. The van der Waals surface area contributed by atoms with Crippen LogP contribution in [0.2, 0.25) is 0 Å². The third kappa shape index (κ3) is 4.71. The van der Waals surface area contributed by atoms with E-state index in [1.54, 1.807) is 11.8 Å². The topological polar surface area (TPSA) is 62.3 Å². The lowest BCUT2D eigenvalue weighted by Gasteiger charge is -2.33. The number of amides is 2. The molecular weight excluding hydrogens is 427 g/mol. The summed E-state index contributed by atoms with van der Waals surface area (Å²) in [6.45, 7) is 2.78. The summed E-state index contributed by atoms with van der Waals surface area (Å²) in [6.07, 6.45) is 2.19. The Bertz CT molecular complexity index is 974. The van der Waals surface area contributed by atoms with Crippen molar-refractivity contribution in [1.29, 1.82) is 0 Å². The van der Waals surface area contributed by atoms with E-state index in [9.17, 15) is 22.8 Å². The van der Waals surface area contributed by atoms with Gasteiger partial charge in [-0.15, -0.1) is 11.3 Å². The second-order valence-corrected chi connectivity index (χ2v) is 9.51. The zero-order valence-electron chi connectivity index (χ0n) is 17.4. The molecule has 3 heterocycles. The third-order valence-electron chi connectivity index (χ3n) is 6.39. The molecule has 2 aromatic rings. The molecule has 1 N–H and O–H groups in total. The molecule has 1 aliphatic carbocycles. The minimum atomic E-state index is -4.51. The molecule has 0 bridgehead atoms. The number of thiophene rings is 1. The highest BCUT2D eigenvalue weighted by Gasteiger charge is 2.34. The van der Waals surface area contributed by atoms with Crippen molar-refractivity contribution in [3.63, 3.8) is 0 Å². The lowest BCUT2D eigenvalue weighted by molar-refractivity contribution is -0.141. The zero-order valence-corrected chi connectivity index (χ0v) is 18.2. The van der Waals surface area contributed by atoms with Crippen LogP contribution in [0, 0.1) is 12.8 Å². The van der Waals surface area contributed by atoms with E-state index in [1.807, 2.05) is 0 Å². The summed E-state index contributed by atoms with van der Waals surface area (Å²) in [4.78, 5) is 31.6. The van der Waals surface area contributed by atoms with Gasteiger partial charge in [0.15, 0.2) is 0 Å². The largest absolute Gasteiger partial charge is 0.433 e. The average Bonchev–Trinajstić information content (AvgIpc) is 3.10. The molecule has 1 saturated heterocycles. The van der Waals surface area contributed by atoms with E-state index in [-0.39, 0.29) is 28.6 Å². The highest BCUT2D eigenvalue weighted by Crippen LogP contribution is 2.35. The molecule has 168 valence electrons. The Hall–Kier alpha value is -2.16. The van der Waals surface area contributed by atoms with Crippen molar-refractivity contribution in [2.45, 2.75) is 64.1 Å². The SMILES string of the molecule is Cc1c(C(=O)N2CCC(NC(=O)C3CCCCC3)CC2)sc2nc(C(F)(F)F)ccc12. The van der Waals surface area contributed by atoms with E-state index in [0.717, 1.165) is 43.1 Å². The van der Waals surface area contributed by atoms with Crippen molar-refractivity contribution in [2.24, 2.45) is 5.92 Å². The third-order valence-corrected chi connectivity index (χ3v) is 7.58. The summed E-state index contributed by atoms with van der Waals surface area (Å²) in [5, 5.41) is 3.73. The summed E-state index contributed by atoms with van der Waals surface area (Å²) >= 11 is 1.01. The van der Waals surface area contributed by atoms with Crippen LogP contribution >= 0.6 is 11.3 Å². The van der Waals surface area contributed by atoms with Crippen LogP contribution in [0.25, 0.3) is 10.2 Å². The van der Waals surface area contributed by atoms with Crippen molar-refractivity contribution in [2.75, 3.05) is 13.1 Å². The molecule has 9 heteroatoms. The first-order chi connectivity index (χ1) is 14.7. The molecule has 1 saturated carbocycles. The Morgan fingerprint density at radius 2 is 1.77 bits per heavy atom. The Kier molecular flexibility index (Phi) is 6.23. The van der Waals surface area contributed by atoms with Crippen molar-refractivity contribution in [3.05, 3.63) is 28.3 Å². The van der Waals surface area contributed by atoms with E-state index in [2.05, 4.69) is 10.3 Å². The summed E-state index contributed by atoms with van der Waals surface area (Å²) in [5.74, 6) is 0.0752. The van der Waals surface area contributed by atoms with Gasteiger partial charge in [-0.05, 0) is 50.3 Å². The molecule has 0 aromatic carbocycles. The fourth-order valence-corrected chi connectivity index (χ4v) is 5.66. The maximum Gasteiger partial charge on any atom is 0.433 e. The number of nitrogens with zero attached hydrogens (tertiary/aromatic N) is 2. The number of carbonyl (C=O) groups excluding carboxylic acids is 2. The van der Waals surface area contributed by atoms with Crippen molar-refractivity contribution < 1.29 is 22.8 Å². The molecule has 2 fully saturated rings. The number of aryl methyl sites for hydroxylation is 1. The predicted molar refractivity (Wildman–Crippen MR) is 113 cm³/mol. The predicted octanol–water partition coefficient (Wildman–Crippen LogP) is 4.92. The van der Waals surface area contributed by atoms with Crippen LogP contribution in [0.5, 0.6) is 0 Å². The van der Waals surface area contributed by atoms with Crippen molar-refractivity contribution >= 4 is 33.4 Å². The summed E-state index contributed by atoms with van der Waals surface area (Å²) < 4.78 is 38.9. The van der Waals surface area contributed by atoms with Crippen molar-refractivity contribution in [3.8, 4) is 0 Å². The standard InChI is InChI=1S/C22H26F3N3O2S/c1-13-16-7-8-17(22(23,24)25)27-20(16)31-18(13)21(30)28-11-9-15(10-12-28)26-19(29)14-5-3-2-4-6-14/h7-8,14-15H,2-6,9-12H2,1H3,(H,26,29). The number of halogens is 3. The van der Waals surface area contributed by atoms with E-state index < -0.39 is 11.9 Å². The van der Waals surface area contributed by atoms with Crippen LogP contribution in [0.1, 0.15) is 65.9 Å². The van der Waals surface area contributed by atoms with Gasteiger partial charge in [-0.2, -0.15) is 13.2 Å². The monoisotopic (exact) mass is 453 g/mol. The van der Waals surface area contributed by atoms with Crippen LogP contribution in [0.15, 0.2) is 12.1 Å². The second kappa shape index (κ2) is 8.76. The number of fused-ring (bicyclic) bond motifs is 1. The van der Waals surface area contributed by atoms with Crippen LogP contribution in [-0.2, 0) is 11.0 Å². The molecule has 5 nitrogen and oxygen atoms in total. The van der Waals surface area contributed by atoms with Gasteiger partial charge in [0.1, 0.15) is 10.5 Å². The van der Waals surface area contributed by atoms with Crippen LogP contribution in [-0.4, -0.2) is 40.8 Å². The fraction of sp³-hybridized carbons (Fsp3) is 0.591. The highest BCUT2D eigenvalue weighted by atomic mass is 32.1. The van der Waals surface area contributed by atoms with Crippen LogP contribution < -0.4 is 5.32 Å². The molecule has 1 aliphatic heterocycles. The average molecular weight is 454 g/mol. The number of nitrogens with one attached hydrogen (secondary N) is 1. The number of piperidine rings is 1. The molecule has 2 aliphatic rings. The normalized spacial score (nSPS) is 19.0. The molecule has 0 spiro atoms. The summed E-state index contributed by atoms with van der Waals surface area (Å²) in [6, 6.07) is 2.41. The van der Waals surface area contributed by atoms with Gasteiger partial charge >= 0.3 is 6.18 Å².